The molecule has 0 aliphatic heterocycles. The van der Waals surface area contributed by atoms with E-state index >= 15 is 0 Å². The van der Waals surface area contributed by atoms with Crippen molar-refractivity contribution in [3.63, 3.8) is 0 Å². The first kappa shape index (κ1) is 11.9. The van der Waals surface area contributed by atoms with E-state index in [1.807, 2.05) is 6.20 Å². The summed E-state index contributed by atoms with van der Waals surface area (Å²) in [5.41, 5.74) is 5.88. The van der Waals surface area contributed by atoms with Crippen molar-refractivity contribution in [3.05, 3.63) is 23.7 Å². The van der Waals surface area contributed by atoms with Crippen LogP contribution in [0.25, 0.3) is 10.1 Å². The van der Waals surface area contributed by atoms with Gasteiger partial charge < -0.3 is 11.1 Å². The highest BCUT2D eigenvalue weighted by Crippen LogP contribution is 2.30. The van der Waals surface area contributed by atoms with E-state index in [0.29, 0.717) is 12.0 Å². The molecule has 0 amide bonds. The molecule has 1 aliphatic carbocycles. The molecular formula is C14H19N3S. The lowest BCUT2D eigenvalue weighted by Crippen LogP contribution is -2.36. The van der Waals surface area contributed by atoms with Crippen LogP contribution in [0.1, 0.15) is 25.7 Å². The Hall–Kier alpha value is -1.13. The summed E-state index contributed by atoms with van der Waals surface area (Å²) >= 11 is 1.77. The van der Waals surface area contributed by atoms with Gasteiger partial charge in [0.05, 0.1) is 0 Å². The summed E-state index contributed by atoms with van der Waals surface area (Å²) in [5.74, 6) is 1.62. The summed E-state index contributed by atoms with van der Waals surface area (Å²) < 4.78 is 1.30. The Kier molecular flexibility index (Phi) is 3.48. The minimum atomic E-state index is 0.488. The van der Waals surface area contributed by atoms with Crippen molar-refractivity contribution in [2.45, 2.75) is 31.7 Å². The molecule has 96 valence electrons. The molecule has 2 atom stereocenters. The number of nitrogens with two attached hydrogens (primary N) is 1. The molecule has 0 saturated heterocycles. The lowest BCUT2D eigenvalue weighted by Gasteiger charge is -2.31. The van der Waals surface area contributed by atoms with Crippen LogP contribution in [0.15, 0.2) is 23.7 Å². The molecule has 4 heteroatoms. The molecule has 18 heavy (non-hydrogen) atoms. The van der Waals surface area contributed by atoms with E-state index in [-0.39, 0.29) is 0 Å². The maximum absolute atomic E-state index is 5.88. The van der Waals surface area contributed by atoms with Crippen LogP contribution in [0.5, 0.6) is 0 Å². The van der Waals surface area contributed by atoms with Crippen molar-refractivity contribution in [1.29, 1.82) is 0 Å². The number of hydrogen-bond acceptors (Lipinski definition) is 4. The van der Waals surface area contributed by atoms with Crippen LogP contribution in [0, 0.1) is 5.92 Å². The van der Waals surface area contributed by atoms with Gasteiger partial charge in [0.25, 0.3) is 0 Å². The molecule has 2 aromatic rings. The summed E-state index contributed by atoms with van der Waals surface area (Å²) in [7, 11) is 0. The highest BCUT2D eigenvalue weighted by atomic mass is 32.1. The van der Waals surface area contributed by atoms with Gasteiger partial charge in [-0.15, -0.1) is 11.3 Å². The minimum absolute atomic E-state index is 0.488. The van der Waals surface area contributed by atoms with E-state index in [1.54, 1.807) is 11.3 Å². The number of hydrogen-bond donors (Lipinski definition) is 2. The summed E-state index contributed by atoms with van der Waals surface area (Å²) in [6.07, 6.45) is 6.96. The van der Waals surface area contributed by atoms with Gasteiger partial charge in [0.1, 0.15) is 5.82 Å². The second-order valence-corrected chi connectivity index (χ2v) is 5.97. The van der Waals surface area contributed by atoms with Gasteiger partial charge in [-0.05, 0) is 42.8 Å². The molecule has 2 heterocycles. The van der Waals surface area contributed by atoms with E-state index in [0.717, 1.165) is 12.4 Å². The van der Waals surface area contributed by atoms with Gasteiger partial charge in [-0.1, -0.05) is 12.8 Å². The zero-order chi connectivity index (χ0) is 12.4. The number of fused-ring (bicyclic) bond motifs is 1. The molecule has 1 aliphatic rings. The first-order chi connectivity index (χ1) is 8.88. The second kappa shape index (κ2) is 5.24. The summed E-state index contributed by atoms with van der Waals surface area (Å²) in [6.45, 7) is 0.775. The quantitative estimate of drug-likeness (QED) is 0.892. The number of anilines is 1. The fourth-order valence-electron chi connectivity index (χ4n) is 2.87. The van der Waals surface area contributed by atoms with Crippen LogP contribution in [-0.4, -0.2) is 17.6 Å². The molecule has 2 unspecified atom stereocenters. The van der Waals surface area contributed by atoms with Crippen molar-refractivity contribution in [1.82, 2.24) is 4.98 Å². The third-order valence-corrected chi connectivity index (χ3v) is 4.80. The molecular weight excluding hydrogens is 242 g/mol. The molecule has 0 aromatic carbocycles. The number of rotatable bonds is 3. The van der Waals surface area contributed by atoms with Crippen LogP contribution in [0.3, 0.4) is 0 Å². The molecule has 1 saturated carbocycles. The van der Waals surface area contributed by atoms with E-state index in [2.05, 4.69) is 27.8 Å². The monoisotopic (exact) mass is 261 g/mol. The van der Waals surface area contributed by atoms with Gasteiger partial charge in [-0.3, -0.25) is 0 Å². The van der Waals surface area contributed by atoms with Crippen molar-refractivity contribution in [2.24, 2.45) is 11.7 Å². The predicted molar refractivity (Wildman–Crippen MR) is 78.0 cm³/mol. The Labute approximate surface area is 111 Å². The average Bonchev–Trinajstić information content (AvgIpc) is 2.89. The molecule has 0 spiro atoms. The smallest absolute Gasteiger partial charge is 0.134 e. The highest BCUT2D eigenvalue weighted by molar-refractivity contribution is 7.17. The number of nitrogens with one attached hydrogen (secondary N) is 1. The Bertz CT molecular complexity index is 522. The normalized spacial score (nSPS) is 24.3. The number of nitrogens with zero attached hydrogens (tertiary/aromatic N) is 1. The van der Waals surface area contributed by atoms with Gasteiger partial charge in [0.2, 0.25) is 0 Å². The van der Waals surface area contributed by atoms with Gasteiger partial charge >= 0.3 is 0 Å². The first-order valence-corrected chi connectivity index (χ1v) is 7.55. The Balaban J connectivity index is 1.84. The van der Waals surface area contributed by atoms with E-state index in [1.165, 1.54) is 35.8 Å². The Morgan fingerprint density at radius 1 is 1.33 bits per heavy atom. The summed E-state index contributed by atoms with van der Waals surface area (Å²) in [5, 5.41) is 6.99. The minimum Gasteiger partial charge on any atom is -0.366 e. The zero-order valence-corrected chi connectivity index (χ0v) is 11.2. The molecule has 3 rings (SSSR count). The Morgan fingerprint density at radius 3 is 3.11 bits per heavy atom. The maximum Gasteiger partial charge on any atom is 0.134 e. The van der Waals surface area contributed by atoms with E-state index in [4.69, 9.17) is 5.73 Å². The third kappa shape index (κ3) is 2.22. The van der Waals surface area contributed by atoms with E-state index < -0.39 is 0 Å². The van der Waals surface area contributed by atoms with Crippen LogP contribution in [0.2, 0.25) is 0 Å². The Morgan fingerprint density at radius 2 is 2.22 bits per heavy atom. The number of pyridine rings is 1. The third-order valence-electron chi connectivity index (χ3n) is 3.91. The second-order valence-electron chi connectivity index (χ2n) is 5.02. The number of aromatic nitrogens is 1. The largest absolute Gasteiger partial charge is 0.366 e. The topological polar surface area (TPSA) is 50.9 Å². The standard InChI is InChI=1S/C14H19N3S/c15-9-10-3-1-2-4-12(10)17-14-11-6-8-18-13(11)5-7-16-14/h5-8,10,12H,1-4,9,15H2,(H,16,17). The van der Waals surface area contributed by atoms with Gasteiger partial charge in [0, 0.05) is 22.3 Å². The summed E-state index contributed by atoms with van der Waals surface area (Å²) in [6, 6.07) is 4.71. The molecule has 3 N–H and O–H groups in total. The fraction of sp³-hybridized carbons (Fsp3) is 0.500. The summed E-state index contributed by atoms with van der Waals surface area (Å²) in [4.78, 5) is 4.50. The fourth-order valence-corrected chi connectivity index (χ4v) is 3.65. The van der Waals surface area contributed by atoms with Crippen molar-refractivity contribution >= 4 is 27.2 Å². The van der Waals surface area contributed by atoms with Crippen molar-refractivity contribution < 1.29 is 0 Å². The molecule has 0 radical (unpaired) electrons. The zero-order valence-electron chi connectivity index (χ0n) is 10.4. The SMILES string of the molecule is NCC1CCCCC1Nc1nccc2sccc12. The van der Waals surface area contributed by atoms with Crippen LogP contribution >= 0.6 is 11.3 Å². The molecule has 0 bridgehead atoms. The lowest BCUT2D eigenvalue weighted by molar-refractivity contribution is 0.332. The predicted octanol–water partition coefficient (Wildman–Crippen LogP) is 3.23. The molecule has 1 fully saturated rings. The van der Waals surface area contributed by atoms with E-state index in [9.17, 15) is 0 Å². The average molecular weight is 261 g/mol. The molecule has 3 nitrogen and oxygen atoms in total. The van der Waals surface area contributed by atoms with Crippen molar-refractivity contribution in [2.75, 3.05) is 11.9 Å². The maximum atomic E-state index is 5.88. The van der Waals surface area contributed by atoms with Crippen LogP contribution < -0.4 is 11.1 Å². The molecule has 2 aromatic heterocycles. The van der Waals surface area contributed by atoms with Crippen LogP contribution in [0.4, 0.5) is 5.82 Å². The highest BCUT2D eigenvalue weighted by Gasteiger charge is 2.24. The van der Waals surface area contributed by atoms with Gasteiger partial charge in [0.15, 0.2) is 0 Å². The van der Waals surface area contributed by atoms with Gasteiger partial charge in [-0.25, -0.2) is 4.98 Å². The first-order valence-electron chi connectivity index (χ1n) is 6.67. The van der Waals surface area contributed by atoms with Crippen LogP contribution in [-0.2, 0) is 0 Å². The lowest BCUT2D eigenvalue weighted by atomic mass is 9.84. The van der Waals surface area contributed by atoms with Gasteiger partial charge in [-0.2, -0.15) is 0 Å². The van der Waals surface area contributed by atoms with Crippen molar-refractivity contribution in [3.8, 4) is 0 Å². The number of thiophene rings is 1.